The second-order valence-corrected chi connectivity index (χ2v) is 9.30. The molecular weight excluding hydrogens is 410 g/mol. The molecule has 3 heterocycles. The molecule has 0 bridgehead atoms. The lowest BCUT2D eigenvalue weighted by molar-refractivity contribution is 0.139. The van der Waals surface area contributed by atoms with Gasteiger partial charge in [-0.2, -0.15) is 0 Å². The van der Waals surface area contributed by atoms with Gasteiger partial charge < -0.3 is 9.64 Å². The van der Waals surface area contributed by atoms with Gasteiger partial charge in [0, 0.05) is 35.7 Å². The van der Waals surface area contributed by atoms with Gasteiger partial charge in [0.2, 0.25) is 5.88 Å². The van der Waals surface area contributed by atoms with Crippen molar-refractivity contribution >= 4 is 11.6 Å². The largest absolute Gasteiger partial charge is 0.474 e. The number of rotatable bonds is 4. The van der Waals surface area contributed by atoms with Crippen molar-refractivity contribution in [1.29, 1.82) is 0 Å². The Hall–Kier alpha value is -2.44. The SMILES string of the molecule is CN(C)C1Cc2cc(Cl)ccc2-n2c(nnc2C2CCC(Oc3ccccn3)CC2)C1. The monoisotopic (exact) mass is 437 g/mol. The van der Waals surface area contributed by atoms with E-state index in [4.69, 9.17) is 21.4 Å². The van der Waals surface area contributed by atoms with E-state index in [0.717, 1.165) is 55.2 Å². The molecule has 7 heteroatoms. The first kappa shape index (κ1) is 20.5. The highest BCUT2D eigenvalue weighted by Gasteiger charge is 2.32. The van der Waals surface area contributed by atoms with Crippen molar-refractivity contribution in [2.75, 3.05) is 14.1 Å². The zero-order valence-corrected chi connectivity index (χ0v) is 18.8. The third-order valence-corrected chi connectivity index (χ3v) is 6.84. The van der Waals surface area contributed by atoms with Gasteiger partial charge in [-0.05, 0) is 76.0 Å². The van der Waals surface area contributed by atoms with Crippen LogP contribution in [0.4, 0.5) is 0 Å². The van der Waals surface area contributed by atoms with E-state index >= 15 is 0 Å². The molecule has 1 unspecified atom stereocenters. The summed E-state index contributed by atoms with van der Waals surface area (Å²) < 4.78 is 8.39. The number of hydrogen-bond donors (Lipinski definition) is 0. The third kappa shape index (κ3) is 4.19. The number of pyridine rings is 1. The smallest absolute Gasteiger partial charge is 0.213 e. The first-order chi connectivity index (χ1) is 15.1. The standard InChI is InChI=1S/C24H28ClN5O/c1-29(2)19-14-17-13-18(25)8-11-21(17)30-22(15-19)27-28-24(30)16-6-9-20(10-7-16)31-23-5-3-4-12-26-23/h3-5,8,11-13,16,19-20H,6-7,9-10,14-15H2,1-2H3. The first-order valence-electron chi connectivity index (χ1n) is 11.1. The highest BCUT2D eigenvalue weighted by Crippen LogP contribution is 2.37. The molecule has 1 fully saturated rings. The van der Waals surface area contributed by atoms with E-state index in [0.29, 0.717) is 17.8 Å². The van der Waals surface area contributed by atoms with Crippen LogP contribution >= 0.6 is 11.6 Å². The number of benzene rings is 1. The van der Waals surface area contributed by atoms with Crippen LogP contribution in [0.25, 0.3) is 5.69 Å². The Labute approximate surface area is 188 Å². The molecule has 2 aromatic heterocycles. The first-order valence-corrected chi connectivity index (χ1v) is 11.4. The highest BCUT2D eigenvalue weighted by molar-refractivity contribution is 6.30. The van der Waals surface area contributed by atoms with Crippen molar-refractivity contribution in [3.63, 3.8) is 0 Å². The van der Waals surface area contributed by atoms with Crippen LogP contribution < -0.4 is 4.74 Å². The molecule has 0 radical (unpaired) electrons. The number of fused-ring (bicyclic) bond motifs is 3. The fraction of sp³-hybridized carbons (Fsp3) is 0.458. The van der Waals surface area contributed by atoms with E-state index in [1.807, 2.05) is 24.3 Å². The molecule has 1 aromatic carbocycles. The van der Waals surface area contributed by atoms with Gasteiger partial charge in [0.1, 0.15) is 17.8 Å². The topological polar surface area (TPSA) is 56.1 Å². The lowest BCUT2D eigenvalue weighted by Crippen LogP contribution is -2.31. The minimum atomic E-state index is 0.210. The Balaban J connectivity index is 1.40. The summed E-state index contributed by atoms with van der Waals surface area (Å²) in [7, 11) is 4.26. The summed E-state index contributed by atoms with van der Waals surface area (Å²) in [6.07, 6.45) is 7.89. The van der Waals surface area contributed by atoms with Crippen LogP contribution in [-0.2, 0) is 12.8 Å². The van der Waals surface area contributed by atoms with Gasteiger partial charge in [0.15, 0.2) is 0 Å². The summed E-state index contributed by atoms with van der Waals surface area (Å²) in [4.78, 5) is 6.57. The van der Waals surface area contributed by atoms with Crippen LogP contribution in [0.15, 0.2) is 42.6 Å². The molecule has 2 aliphatic rings. The number of likely N-dealkylation sites (N-methyl/N-ethyl adjacent to an activating group) is 1. The van der Waals surface area contributed by atoms with Crippen molar-refractivity contribution in [2.24, 2.45) is 0 Å². The maximum absolute atomic E-state index is 6.36. The summed E-state index contributed by atoms with van der Waals surface area (Å²) in [5.41, 5.74) is 2.44. The van der Waals surface area contributed by atoms with Crippen LogP contribution in [0.5, 0.6) is 5.88 Å². The van der Waals surface area contributed by atoms with E-state index in [2.05, 4.69) is 45.8 Å². The quantitative estimate of drug-likeness (QED) is 0.603. The Morgan fingerprint density at radius 1 is 1.03 bits per heavy atom. The summed E-state index contributed by atoms with van der Waals surface area (Å²) in [6, 6.07) is 12.4. The van der Waals surface area contributed by atoms with E-state index in [9.17, 15) is 0 Å². The maximum Gasteiger partial charge on any atom is 0.213 e. The zero-order valence-electron chi connectivity index (χ0n) is 18.0. The zero-order chi connectivity index (χ0) is 21.4. The molecule has 0 spiro atoms. The Bertz CT molecular complexity index is 1040. The van der Waals surface area contributed by atoms with Crippen LogP contribution in [0.2, 0.25) is 5.02 Å². The summed E-state index contributed by atoms with van der Waals surface area (Å²) in [6.45, 7) is 0. The Kier molecular flexibility index (Phi) is 5.67. The molecular formula is C24H28ClN5O. The van der Waals surface area contributed by atoms with Gasteiger partial charge in [-0.1, -0.05) is 17.7 Å². The number of ether oxygens (including phenoxy) is 1. The lowest BCUT2D eigenvalue weighted by atomic mass is 9.86. The van der Waals surface area contributed by atoms with Crippen LogP contribution in [0, 0.1) is 0 Å². The molecule has 162 valence electrons. The second kappa shape index (κ2) is 8.60. The highest BCUT2D eigenvalue weighted by atomic mass is 35.5. The van der Waals surface area contributed by atoms with Gasteiger partial charge in [0.25, 0.3) is 0 Å². The average molecular weight is 438 g/mol. The van der Waals surface area contributed by atoms with Gasteiger partial charge in [-0.3, -0.25) is 4.57 Å². The molecule has 1 atom stereocenters. The van der Waals surface area contributed by atoms with Gasteiger partial charge in [-0.15, -0.1) is 10.2 Å². The third-order valence-electron chi connectivity index (χ3n) is 6.61. The number of nitrogens with zero attached hydrogens (tertiary/aromatic N) is 5. The summed E-state index contributed by atoms with van der Waals surface area (Å²) in [5.74, 6) is 3.21. The number of hydrogen-bond acceptors (Lipinski definition) is 5. The molecule has 31 heavy (non-hydrogen) atoms. The van der Waals surface area contributed by atoms with Crippen molar-refractivity contribution in [2.45, 2.75) is 56.6 Å². The van der Waals surface area contributed by atoms with Gasteiger partial charge in [0.05, 0.1) is 5.69 Å². The molecule has 3 aromatic rings. The Morgan fingerprint density at radius 2 is 1.87 bits per heavy atom. The van der Waals surface area contributed by atoms with Gasteiger partial charge >= 0.3 is 0 Å². The van der Waals surface area contributed by atoms with Crippen LogP contribution in [0.3, 0.4) is 0 Å². The molecule has 6 nitrogen and oxygen atoms in total. The maximum atomic E-state index is 6.36. The number of halogens is 1. The molecule has 0 saturated heterocycles. The minimum absolute atomic E-state index is 0.210. The second-order valence-electron chi connectivity index (χ2n) is 8.87. The van der Waals surface area contributed by atoms with Crippen molar-refractivity contribution in [3.05, 3.63) is 64.8 Å². The molecule has 0 amide bonds. The van der Waals surface area contributed by atoms with E-state index in [-0.39, 0.29) is 6.10 Å². The summed E-state index contributed by atoms with van der Waals surface area (Å²) >= 11 is 6.36. The van der Waals surface area contributed by atoms with Gasteiger partial charge in [-0.25, -0.2) is 4.98 Å². The molecule has 5 rings (SSSR count). The molecule has 0 N–H and O–H groups in total. The number of aromatic nitrogens is 4. The van der Waals surface area contributed by atoms with Crippen LogP contribution in [-0.4, -0.2) is 50.9 Å². The average Bonchev–Trinajstić information content (AvgIpc) is 3.10. The predicted molar refractivity (Wildman–Crippen MR) is 121 cm³/mol. The van der Waals surface area contributed by atoms with E-state index in [1.165, 1.54) is 11.3 Å². The normalized spacial score (nSPS) is 23.2. The minimum Gasteiger partial charge on any atom is -0.474 e. The fourth-order valence-corrected chi connectivity index (χ4v) is 5.05. The molecule has 1 aliphatic carbocycles. The van der Waals surface area contributed by atoms with Crippen molar-refractivity contribution in [3.8, 4) is 11.6 Å². The fourth-order valence-electron chi connectivity index (χ4n) is 4.85. The lowest BCUT2D eigenvalue weighted by Gasteiger charge is -2.28. The molecule has 1 aliphatic heterocycles. The van der Waals surface area contributed by atoms with E-state index < -0.39 is 0 Å². The van der Waals surface area contributed by atoms with E-state index in [1.54, 1.807) is 6.20 Å². The van der Waals surface area contributed by atoms with Crippen LogP contribution in [0.1, 0.15) is 48.8 Å². The van der Waals surface area contributed by atoms with Crippen molar-refractivity contribution in [1.82, 2.24) is 24.6 Å². The summed E-state index contributed by atoms with van der Waals surface area (Å²) in [5, 5.41) is 10.1. The molecule has 1 saturated carbocycles. The predicted octanol–water partition coefficient (Wildman–Crippen LogP) is 4.45. The van der Waals surface area contributed by atoms with Crippen molar-refractivity contribution < 1.29 is 4.74 Å². The Morgan fingerprint density at radius 3 is 2.61 bits per heavy atom.